The van der Waals surface area contributed by atoms with E-state index in [9.17, 15) is 9.18 Å². The number of benzene rings is 1. The van der Waals surface area contributed by atoms with E-state index in [-0.39, 0.29) is 18.3 Å². The van der Waals surface area contributed by atoms with Gasteiger partial charge in [-0.1, -0.05) is 12.1 Å². The summed E-state index contributed by atoms with van der Waals surface area (Å²) in [5, 5.41) is 6.87. The summed E-state index contributed by atoms with van der Waals surface area (Å²) in [6.45, 7) is 2.74. The Kier molecular flexibility index (Phi) is 4.47. The lowest BCUT2D eigenvalue weighted by Crippen LogP contribution is -2.28. The van der Waals surface area contributed by atoms with Crippen molar-refractivity contribution in [1.29, 1.82) is 0 Å². The van der Waals surface area contributed by atoms with E-state index >= 15 is 0 Å². The van der Waals surface area contributed by atoms with E-state index in [0.717, 1.165) is 0 Å². The van der Waals surface area contributed by atoms with Gasteiger partial charge in [0, 0.05) is 19.2 Å². The molecule has 2 aromatic rings. The molecule has 1 aromatic heterocycles. The SMILES string of the molecule is CCn1nccc1NC(=O)C(CN)c1ccc(F)cc1. The number of aryl methyl sites for hydroxylation is 1. The van der Waals surface area contributed by atoms with E-state index in [1.165, 1.54) is 12.1 Å². The van der Waals surface area contributed by atoms with Crippen LogP contribution in [-0.2, 0) is 11.3 Å². The molecule has 0 fully saturated rings. The van der Waals surface area contributed by atoms with Crippen LogP contribution in [0.15, 0.2) is 36.5 Å². The molecule has 1 heterocycles. The highest BCUT2D eigenvalue weighted by Gasteiger charge is 2.20. The quantitative estimate of drug-likeness (QED) is 0.873. The minimum atomic E-state index is -0.518. The molecule has 0 radical (unpaired) electrons. The second kappa shape index (κ2) is 6.29. The molecule has 0 aliphatic heterocycles. The van der Waals surface area contributed by atoms with Gasteiger partial charge in [0.15, 0.2) is 0 Å². The third-order valence-corrected chi connectivity index (χ3v) is 3.09. The number of hydrogen-bond donors (Lipinski definition) is 2. The average molecular weight is 276 g/mol. The lowest BCUT2D eigenvalue weighted by Gasteiger charge is -2.15. The molecule has 0 saturated heterocycles. The molecular formula is C14H17FN4O. The van der Waals surface area contributed by atoms with Gasteiger partial charge in [0.25, 0.3) is 0 Å². The molecule has 3 N–H and O–H groups in total. The number of nitrogens with one attached hydrogen (secondary N) is 1. The second-order valence-electron chi connectivity index (χ2n) is 4.36. The smallest absolute Gasteiger partial charge is 0.234 e. The predicted octanol–water partition coefficient (Wildman–Crippen LogP) is 1.72. The maximum Gasteiger partial charge on any atom is 0.234 e. The topological polar surface area (TPSA) is 72.9 Å². The van der Waals surface area contributed by atoms with E-state index in [4.69, 9.17) is 5.73 Å². The summed E-state index contributed by atoms with van der Waals surface area (Å²) in [5.74, 6) is -0.461. The van der Waals surface area contributed by atoms with Gasteiger partial charge in [0.05, 0.1) is 12.1 Å². The van der Waals surface area contributed by atoms with Crippen molar-refractivity contribution in [2.45, 2.75) is 19.4 Å². The molecule has 0 spiro atoms. The van der Waals surface area contributed by atoms with E-state index in [0.29, 0.717) is 17.9 Å². The zero-order valence-corrected chi connectivity index (χ0v) is 11.2. The van der Waals surface area contributed by atoms with Crippen LogP contribution in [0.3, 0.4) is 0 Å². The summed E-state index contributed by atoms with van der Waals surface area (Å²) in [6.07, 6.45) is 1.62. The summed E-state index contributed by atoms with van der Waals surface area (Å²) in [6, 6.07) is 7.51. The van der Waals surface area contributed by atoms with Gasteiger partial charge in [0.2, 0.25) is 5.91 Å². The van der Waals surface area contributed by atoms with Crippen LogP contribution >= 0.6 is 0 Å². The largest absolute Gasteiger partial charge is 0.329 e. The van der Waals surface area contributed by atoms with E-state index in [1.807, 2.05) is 6.92 Å². The van der Waals surface area contributed by atoms with Crippen molar-refractivity contribution < 1.29 is 9.18 Å². The van der Waals surface area contributed by atoms with Crippen LogP contribution in [0.25, 0.3) is 0 Å². The molecule has 6 heteroatoms. The van der Waals surface area contributed by atoms with Gasteiger partial charge in [0.1, 0.15) is 11.6 Å². The molecule has 5 nitrogen and oxygen atoms in total. The highest BCUT2D eigenvalue weighted by Crippen LogP contribution is 2.18. The Balaban J connectivity index is 2.15. The van der Waals surface area contributed by atoms with Crippen molar-refractivity contribution >= 4 is 11.7 Å². The molecule has 0 aliphatic carbocycles. The van der Waals surface area contributed by atoms with E-state index in [1.54, 1.807) is 29.1 Å². The maximum absolute atomic E-state index is 12.9. The Morgan fingerprint density at radius 3 is 2.70 bits per heavy atom. The van der Waals surface area contributed by atoms with E-state index in [2.05, 4.69) is 10.4 Å². The Hall–Kier alpha value is -2.21. The van der Waals surface area contributed by atoms with Crippen molar-refractivity contribution in [2.24, 2.45) is 5.73 Å². The summed E-state index contributed by atoms with van der Waals surface area (Å²) >= 11 is 0. The van der Waals surface area contributed by atoms with Gasteiger partial charge < -0.3 is 11.1 Å². The van der Waals surface area contributed by atoms with Crippen molar-refractivity contribution in [1.82, 2.24) is 9.78 Å². The number of anilines is 1. The van der Waals surface area contributed by atoms with Gasteiger partial charge in [-0.15, -0.1) is 0 Å². The average Bonchev–Trinajstić information content (AvgIpc) is 2.89. The third kappa shape index (κ3) is 3.03. The molecule has 1 aromatic carbocycles. The first-order valence-corrected chi connectivity index (χ1v) is 6.44. The minimum absolute atomic E-state index is 0.151. The van der Waals surface area contributed by atoms with Gasteiger partial charge in [-0.05, 0) is 24.6 Å². The standard InChI is InChI=1S/C14H17FN4O/c1-2-19-13(7-8-17-19)18-14(20)12(9-16)10-3-5-11(15)6-4-10/h3-8,12H,2,9,16H2,1H3,(H,18,20). The molecule has 1 atom stereocenters. The summed E-state index contributed by atoms with van der Waals surface area (Å²) in [4.78, 5) is 12.3. The number of halogens is 1. The Bertz CT molecular complexity index is 579. The van der Waals surface area contributed by atoms with Crippen LogP contribution in [0.5, 0.6) is 0 Å². The van der Waals surface area contributed by atoms with E-state index < -0.39 is 5.92 Å². The Labute approximate surface area is 116 Å². The van der Waals surface area contributed by atoms with Crippen LogP contribution < -0.4 is 11.1 Å². The fraction of sp³-hybridized carbons (Fsp3) is 0.286. The van der Waals surface area contributed by atoms with Gasteiger partial charge in [-0.3, -0.25) is 4.79 Å². The molecule has 20 heavy (non-hydrogen) atoms. The number of nitrogens with zero attached hydrogens (tertiary/aromatic N) is 2. The van der Waals surface area contributed by atoms with Crippen LogP contribution in [0, 0.1) is 5.82 Å². The van der Waals surface area contributed by atoms with Crippen LogP contribution in [0.2, 0.25) is 0 Å². The summed E-state index contributed by atoms with van der Waals surface area (Å²) in [5.41, 5.74) is 6.36. The number of nitrogens with two attached hydrogens (primary N) is 1. The van der Waals surface area contributed by atoms with Gasteiger partial charge in [-0.25, -0.2) is 9.07 Å². The molecule has 106 valence electrons. The minimum Gasteiger partial charge on any atom is -0.329 e. The zero-order chi connectivity index (χ0) is 14.5. The zero-order valence-electron chi connectivity index (χ0n) is 11.2. The predicted molar refractivity (Wildman–Crippen MR) is 74.7 cm³/mol. The van der Waals surface area contributed by atoms with Crippen molar-refractivity contribution in [3.05, 3.63) is 47.9 Å². The van der Waals surface area contributed by atoms with Crippen LogP contribution in [0.1, 0.15) is 18.4 Å². The number of aromatic nitrogens is 2. The Morgan fingerprint density at radius 1 is 1.40 bits per heavy atom. The van der Waals surface area contributed by atoms with Gasteiger partial charge in [-0.2, -0.15) is 5.10 Å². The number of carbonyl (C=O) groups excluding carboxylic acids is 1. The van der Waals surface area contributed by atoms with Crippen LogP contribution in [0.4, 0.5) is 10.2 Å². The highest BCUT2D eigenvalue weighted by atomic mass is 19.1. The van der Waals surface area contributed by atoms with Gasteiger partial charge >= 0.3 is 0 Å². The molecule has 0 aliphatic rings. The first kappa shape index (κ1) is 14.2. The first-order chi connectivity index (χ1) is 9.65. The lowest BCUT2D eigenvalue weighted by molar-refractivity contribution is -0.117. The van der Waals surface area contributed by atoms with Crippen molar-refractivity contribution in [3.8, 4) is 0 Å². The number of amides is 1. The molecule has 0 saturated carbocycles. The molecule has 1 amide bonds. The normalized spacial score (nSPS) is 12.2. The lowest BCUT2D eigenvalue weighted by atomic mass is 9.98. The number of carbonyl (C=O) groups is 1. The summed E-state index contributed by atoms with van der Waals surface area (Å²) < 4.78 is 14.6. The van der Waals surface area contributed by atoms with Crippen molar-refractivity contribution in [3.63, 3.8) is 0 Å². The molecule has 0 bridgehead atoms. The fourth-order valence-corrected chi connectivity index (χ4v) is 1.99. The monoisotopic (exact) mass is 276 g/mol. The molecular weight excluding hydrogens is 259 g/mol. The second-order valence-corrected chi connectivity index (χ2v) is 4.36. The molecule has 2 rings (SSSR count). The number of hydrogen-bond acceptors (Lipinski definition) is 3. The number of rotatable bonds is 5. The highest BCUT2D eigenvalue weighted by molar-refractivity contribution is 5.95. The third-order valence-electron chi connectivity index (χ3n) is 3.09. The Morgan fingerprint density at radius 2 is 2.10 bits per heavy atom. The maximum atomic E-state index is 12.9. The molecule has 1 unspecified atom stereocenters. The van der Waals surface area contributed by atoms with Crippen LogP contribution in [-0.4, -0.2) is 22.2 Å². The van der Waals surface area contributed by atoms with Crippen molar-refractivity contribution in [2.75, 3.05) is 11.9 Å². The summed E-state index contributed by atoms with van der Waals surface area (Å²) in [7, 11) is 0. The fourth-order valence-electron chi connectivity index (χ4n) is 1.99. The first-order valence-electron chi connectivity index (χ1n) is 6.44.